The number of nitrogens with zero attached hydrogens (tertiary/aromatic N) is 3. The first-order chi connectivity index (χ1) is 10.2. The van der Waals surface area contributed by atoms with Gasteiger partial charge in [0.15, 0.2) is 5.13 Å². The summed E-state index contributed by atoms with van der Waals surface area (Å²) >= 11 is 1.33. The van der Waals surface area contributed by atoms with Gasteiger partial charge < -0.3 is 10.0 Å². The van der Waals surface area contributed by atoms with Crippen molar-refractivity contribution in [2.24, 2.45) is 0 Å². The summed E-state index contributed by atoms with van der Waals surface area (Å²) in [4.78, 5) is 21.1. The van der Waals surface area contributed by atoms with E-state index in [1.807, 2.05) is 6.92 Å². The van der Waals surface area contributed by atoms with E-state index >= 15 is 0 Å². The minimum absolute atomic E-state index is 0.408. The Morgan fingerprint density at radius 2 is 1.95 bits per heavy atom. The highest BCUT2D eigenvalue weighted by Gasteiger charge is 2.28. The van der Waals surface area contributed by atoms with Crippen molar-refractivity contribution in [3.63, 3.8) is 0 Å². The van der Waals surface area contributed by atoms with Gasteiger partial charge in [0.05, 0.1) is 5.69 Å². The third-order valence-corrected chi connectivity index (χ3v) is 5.79. The third kappa shape index (κ3) is 3.06. The number of carboxylic acid groups (broad SMARTS) is 1. The largest absolute Gasteiger partial charge is 0.477 e. The number of piperazine rings is 1. The van der Waals surface area contributed by atoms with Gasteiger partial charge in [-0.05, 0) is 19.3 Å². The lowest BCUT2D eigenvalue weighted by molar-refractivity contribution is 0.0701. The van der Waals surface area contributed by atoms with E-state index in [0.29, 0.717) is 11.3 Å². The lowest BCUT2D eigenvalue weighted by Gasteiger charge is -2.37. The Balaban J connectivity index is 1.65. The number of anilines is 1. The first kappa shape index (κ1) is 14.8. The molecular formula is C15H23N3O2S. The number of hydrogen-bond acceptors (Lipinski definition) is 5. The van der Waals surface area contributed by atoms with Crippen LogP contribution in [0.1, 0.15) is 48.0 Å². The SMILES string of the molecule is CCc1nc(N2CCN(C3CCCC3)CC2)sc1C(=O)O. The second kappa shape index (κ2) is 6.32. The molecule has 2 heterocycles. The molecule has 0 bridgehead atoms. The Morgan fingerprint density at radius 1 is 1.29 bits per heavy atom. The predicted molar refractivity (Wildman–Crippen MR) is 84.5 cm³/mol. The van der Waals surface area contributed by atoms with Crippen molar-refractivity contribution in [2.75, 3.05) is 31.1 Å². The lowest BCUT2D eigenvalue weighted by atomic mass is 10.2. The van der Waals surface area contributed by atoms with Crippen molar-refractivity contribution in [3.05, 3.63) is 10.6 Å². The Morgan fingerprint density at radius 3 is 2.48 bits per heavy atom. The van der Waals surface area contributed by atoms with E-state index in [2.05, 4.69) is 14.8 Å². The number of carboxylic acids is 1. The van der Waals surface area contributed by atoms with Gasteiger partial charge in [0.25, 0.3) is 0 Å². The van der Waals surface area contributed by atoms with Crippen LogP contribution in [0, 0.1) is 0 Å². The predicted octanol–water partition coefficient (Wildman–Crippen LogP) is 2.47. The minimum Gasteiger partial charge on any atom is -0.477 e. The molecule has 0 atom stereocenters. The fraction of sp³-hybridized carbons (Fsp3) is 0.733. The number of carbonyl (C=O) groups is 1. The number of aromatic nitrogens is 1. The summed E-state index contributed by atoms with van der Waals surface area (Å²) in [6.07, 6.45) is 6.12. The molecule has 0 radical (unpaired) electrons. The van der Waals surface area contributed by atoms with Crippen LogP contribution >= 0.6 is 11.3 Å². The highest BCUT2D eigenvalue weighted by molar-refractivity contribution is 7.17. The summed E-state index contributed by atoms with van der Waals surface area (Å²) in [7, 11) is 0. The summed E-state index contributed by atoms with van der Waals surface area (Å²) in [6.45, 7) is 6.05. The van der Waals surface area contributed by atoms with Crippen LogP contribution < -0.4 is 4.90 Å². The van der Waals surface area contributed by atoms with Crippen molar-refractivity contribution >= 4 is 22.4 Å². The summed E-state index contributed by atoms with van der Waals surface area (Å²) in [5, 5.41) is 10.1. The van der Waals surface area contributed by atoms with E-state index in [1.165, 1.54) is 37.0 Å². The Kier molecular flexibility index (Phi) is 4.45. The molecule has 1 aliphatic carbocycles. The standard InChI is InChI=1S/C15H23N3O2S/c1-2-12-13(14(19)20)21-15(16-12)18-9-7-17(8-10-18)11-5-3-4-6-11/h11H,2-10H2,1H3,(H,19,20). The first-order valence-electron chi connectivity index (χ1n) is 7.91. The van der Waals surface area contributed by atoms with Gasteiger partial charge in [0, 0.05) is 32.2 Å². The lowest BCUT2D eigenvalue weighted by Crippen LogP contribution is -2.49. The molecule has 1 aliphatic heterocycles. The summed E-state index contributed by atoms with van der Waals surface area (Å²) in [5.74, 6) is -0.847. The van der Waals surface area contributed by atoms with Gasteiger partial charge in [-0.3, -0.25) is 4.90 Å². The van der Waals surface area contributed by atoms with Crippen LogP contribution in [0.4, 0.5) is 5.13 Å². The molecule has 1 aromatic rings. The molecule has 2 fully saturated rings. The molecule has 1 saturated heterocycles. The van der Waals surface area contributed by atoms with Gasteiger partial charge in [-0.2, -0.15) is 0 Å². The van der Waals surface area contributed by atoms with E-state index < -0.39 is 5.97 Å². The zero-order valence-corrected chi connectivity index (χ0v) is 13.4. The Hall–Kier alpha value is -1.14. The summed E-state index contributed by atoms with van der Waals surface area (Å²) in [6, 6.07) is 0.782. The highest BCUT2D eigenvalue weighted by atomic mass is 32.1. The summed E-state index contributed by atoms with van der Waals surface area (Å²) in [5.41, 5.74) is 0.723. The van der Waals surface area contributed by atoms with E-state index in [0.717, 1.165) is 43.0 Å². The molecule has 5 nitrogen and oxygen atoms in total. The van der Waals surface area contributed by atoms with Crippen LogP contribution in [0.25, 0.3) is 0 Å². The fourth-order valence-corrected chi connectivity index (χ4v) is 4.47. The van der Waals surface area contributed by atoms with Gasteiger partial charge in [0.1, 0.15) is 4.88 Å². The Labute approximate surface area is 129 Å². The first-order valence-corrected chi connectivity index (χ1v) is 8.72. The third-order valence-electron chi connectivity index (χ3n) is 4.64. The zero-order valence-electron chi connectivity index (χ0n) is 12.5. The number of aromatic carboxylic acids is 1. The normalized spacial score (nSPS) is 21.1. The van der Waals surface area contributed by atoms with Gasteiger partial charge in [-0.25, -0.2) is 9.78 Å². The molecule has 1 N–H and O–H groups in total. The van der Waals surface area contributed by atoms with Crippen molar-refractivity contribution in [1.29, 1.82) is 0 Å². The van der Waals surface area contributed by atoms with Crippen molar-refractivity contribution in [3.8, 4) is 0 Å². The molecule has 2 aliphatic rings. The number of hydrogen-bond donors (Lipinski definition) is 1. The molecule has 0 unspecified atom stereocenters. The average Bonchev–Trinajstić information content (AvgIpc) is 3.17. The van der Waals surface area contributed by atoms with Gasteiger partial charge in [-0.1, -0.05) is 31.1 Å². The molecular weight excluding hydrogens is 286 g/mol. The number of thiazole rings is 1. The average molecular weight is 309 g/mol. The minimum atomic E-state index is -0.847. The monoisotopic (exact) mass is 309 g/mol. The van der Waals surface area contributed by atoms with Gasteiger partial charge >= 0.3 is 5.97 Å². The van der Waals surface area contributed by atoms with Crippen molar-refractivity contribution in [2.45, 2.75) is 45.1 Å². The van der Waals surface area contributed by atoms with E-state index in [4.69, 9.17) is 0 Å². The number of aryl methyl sites for hydroxylation is 1. The maximum atomic E-state index is 11.2. The van der Waals surface area contributed by atoms with E-state index in [1.54, 1.807) is 0 Å². The van der Waals surface area contributed by atoms with Crippen LogP contribution in [0.2, 0.25) is 0 Å². The molecule has 6 heteroatoms. The van der Waals surface area contributed by atoms with Crippen LogP contribution in [-0.2, 0) is 6.42 Å². The quantitative estimate of drug-likeness (QED) is 0.926. The maximum Gasteiger partial charge on any atom is 0.347 e. The second-order valence-electron chi connectivity index (χ2n) is 5.89. The molecule has 1 aromatic heterocycles. The molecule has 0 spiro atoms. The number of rotatable bonds is 4. The summed E-state index contributed by atoms with van der Waals surface area (Å²) < 4.78 is 0. The van der Waals surface area contributed by atoms with Gasteiger partial charge in [-0.15, -0.1) is 0 Å². The van der Waals surface area contributed by atoms with Crippen LogP contribution in [-0.4, -0.2) is 53.2 Å². The van der Waals surface area contributed by atoms with Crippen LogP contribution in [0.15, 0.2) is 0 Å². The fourth-order valence-electron chi connectivity index (χ4n) is 3.43. The molecule has 0 aromatic carbocycles. The zero-order chi connectivity index (χ0) is 14.8. The smallest absolute Gasteiger partial charge is 0.347 e. The van der Waals surface area contributed by atoms with Crippen molar-refractivity contribution in [1.82, 2.24) is 9.88 Å². The van der Waals surface area contributed by atoms with Gasteiger partial charge in [0.2, 0.25) is 0 Å². The van der Waals surface area contributed by atoms with Crippen LogP contribution in [0.5, 0.6) is 0 Å². The molecule has 0 amide bonds. The van der Waals surface area contributed by atoms with Crippen molar-refractivity contribution < 1.29 is 9.90 Å². The highest BCUT2D eigenvalue weighted by Crippen LogP contribution is 2.29. The van der Waals surface area contributed by atoms with E-state index in [9.17, 15) is 9.90 Å². The Bertz CT molecular complexity index is 503. The maximum absolute atomic E-state index is 11.2. The molecule has 21 heavy (non-hydrogen) atoms. The molecule has 116 valence electrons. The molecule has 3 rings (SSSR count). The molecule has 1 saturated carbocycles. The second-order valence-corrected chi connectivity index (χ2v) is 6.87. The topological polar surface area (TPSA) is 56.7 Å². The van der Waals surface area contributed by atoms with Crippen LogP contribution in [0.3, 0.4) is 0 Å². The van der Waals surface area contributed by atoms with E-state index in [-0.39, 0.29) is 0 Å².